The molecule has 94 valence electrons. The zero-order valence-corrected chi connectivity index (χ0v) is 12.9. The predicted molar refractivity (Wildman–Crippen MR) is 82.6 cm³/mol. The van der Waals surface area contributed by atoms with Gasteiger partial charge < -0.3 is 10.6 Å². The smallest absolute Gasteiger partial charge is 0.170 e. The van der Waals surface area contributed by atoms with Crippen molar-refractivity contribution in [3.63, 3.8) is 0 Å². The molecule has 1 rings (SSSR count). The van der Waals surface area contributed by atoms with Crippen molar-refractivity contribution < 1.29 is 0 Å². The molecule has 0 unspecified atom stereocenters. The van der Waals surface area contributed by atoms with Crippen LogP contribution >= 0.6 is 28.1 Å². The van der Waals surface area contributed by atoms with Crippen molar-refractivity contribution in [3.05, 3.63) is 28.2 Å². The maximum atomic E-state index is 5.26. The summed E-state index contributed by atoms with van der Waals surface area (Å²) in [7, 11) is 0. The van der Waals surface area contributed by atoms with Crippen LogP contribution in [-0.4, -0.2) is 11.7 Å². The molecule has 2 nitrogen and oxygen atoms in total. The van der Waals surface area contributed by atoms with Gasteiger partial charge in [0.1, 0.15) is 0 Å². The van der Waals surface area contributed by atoms with E-state index in [4.69, 9.17) is 12.2 Å². The molecule has 0 atom stereocenters. The Morgan fingerprint density at radius 2 is 2.12 bits per heavy atom. The van der Waals surface area contributed by atoms with Crippen molar-refractivity contribution in [2.45, 2.75) is 27.2 Å². The molecule has 0 fully saturated rings. The van der Waals surface area contributed by atoms with Gasteiger partial charge in [-0.2, -0.15) is 0 Å². The van der Waals surface area contributed by atoms with E-state index in [1.807, 2.05) is 12.1 Å². The van der Waals surface area contributed by atoms with Crippen LogP contribution in [0.15, 0.2) is 22.7 Å². The van der Waals surface area contributed by atoms with E-state index in [1.54, 1.807) is 0 Å². The van der Waals surface area contributed by atoms with E-state index in [0.29, 0.717) is 11.0 Å². The van der Waals surface area contributed by atoms with E-state index in [-0.39, 0.29) is 0 Å². The minimum Gasteiger partial charge on any atom is -0.362 e. The fourth-order valence-electron chi connectivity index (χ4n) is 1.44. The van der Waals surface area contributed by atoms with Crippen LogP contribution < -0.4 is 10.6 Å². The van der Waals surface area contributed by atoms with Gasteiger partial charge in [0.05, 0.1) is 0 Å². The van der Waals surface area contributed by atoms with Crippen LogP contribution in [0.5, 0.6) is 0 Å². The highest BCUT2D eigenvalue weighted by Gasteiger charge is 2.04. The Labute approximate surface area is 117 Å². The molecular weight excluding hydrogens is 296 g/mol. The third-order valence-corrected chi connectivity index (χ3v) is 3.11. The summed E-state index contributed by atoms with van der Waals surface area (Å²) in [4.78, 5) is 0. The van der Waals surface area contributed by atoms with Gasteiger partial charge in [-0.05, 0) is 48.3 Å². The van der Waals surface area contributed by atoms with E-state index in [9.17, 15) is 0 Å². The molecule has 1 aromatic carbocycles. The minimum absolute atomic E-state index is 0.588. The van der Waals surface area contributed by atoms with Gasteiger partial charge in [0.15, 0.2) is 5.11 Å². The molecule has 0 saturated heterocycles. The number of hydrogen-bond acceptors (Lipinski definition) is 1. The zero-order valence-electron chi connectivity index (χ0n) is 10.5. The molecule has 0 aliphatic rings. The first kappa shape index (κ1) is 14.5. The molecule has 0 bridgehead atoms. The van der Waals surface area contributed by atoms with E-state index >= 15 is 0 Å². The molecule has 2 N–H and O–H groups in total. The van der Waals surface area contributed by atoms with Gasteiger partial charge in [-0.25, -0.2) is 0 Å². The normalized spacial score (nSPS) is 10.4. The predicted octanol–water partition coefficient (Wildman–Crippen LogP) is 3.95. The van der Waals surface area contributed by atoms with E-state index in [1.165, 1.54) is 5.56 Å². The first-order valence-electron chi connectivity index (χ1n) is 5.86. The van der Waals surface area contributed by atoms with Crippen molar-refractivity contribution in [2.24, 2.45) is 5.92 Å². The van der Waals surface area contributed by atoms with Crippen molar-refractivity contribution in [2.75, 3.05) is 11.9 Å². The summed E-state index contributed by atoms with van der Waals surface area (Å²) in [6.45, 7) is 7.35. The Hall–Kier alpha value is -0.610. The van der Waals surface area contributed by atoms with E-state index < -0.39 is 0 Å². The molecule has 4 heteroatoms. The average Bonchev–Trinajstić information content (AvgIpc) is 2.28. The number of nitrogens with one attached hydrogen (secondary N) is 2. The fraction of sp³-hybridized carbons (Fsp3) is 0.462. The SMILES string of the molecule is CCc1cc(Br)ccc1NC(=S)NCC(C)C. The molecule has 17 heavy (non-hydrogen) atoms. The monoisotopic (exact) mass is 314 g/mol. The Kier molecular flexibility index (Phi) is 5.92. The topological polar surface area (TPSA) is 24.1 Å². The highest BCUT2D eigenvalue weighted by Crippen LogP contribution is 2.21. The van der Waals surface area contributed by atoms with Crippen molar-refractivity contribution in [1.29, 1.82) is 0 Å². The second-order valence-electron chi connectivity index (χ2n) is 4.38. The van der Waals surface area contributed by atoms with Crippen LogP contribution in [0.2, 0.25) is 0 Å². The molecule has 0 heterocycles. The van der Waals surface area contributed by atoms with Crippen LogP contribution in [0, 0.1) is 5.92 Å². The Balaban J connectivity index is 2.64. The summed E-state index contributed by atoms with van der Waals surface area (Å²) in [6, 6.07) is 6.19. The highest BCUT2D eigenvalue weighted by atomic mass is 79.9. The second kappa shape index (κ2) is 6.97. The van der Waals surface area contributed by atoms with Crippen molar-refractivity contribution >= 4 is 38.9 Å². The second-order valence-corrected chi connectivity index (χ2v) is 5.71. The van der Waals surface area contributed by atoms with Gasteiger partial charge in [0, 0.05) is 16.7 Å². The van der Waals surface area contributed by atoms with Gasteiger partial charge in [-0.15, -0.1) is 0 Å². The number of benzene rings is 1. The molecule has 0 aliphatic carbocycles. The summed E-state index contributed by atoms with van der Waals surface area (Å²) in [6.07, 6.45) is 0.981. The van der Waals surface area contributed by atoms with Gasteiger partial charge in [-0.1, -0.05) is 36.7 Å². The maximum absolute atomic E-state index is 5.26. The molecule has 1 aromatic rings. The van der Waals surface area contributed by atoms with Crippen LogP contribution in [0.1, 0.15) is 26.3 Å². The van der Waals surface area contributed by atoms with Crippen LogP contribution in [-0.2, 0) is 6.42 Å². The lowest BCUT2D eigenvalue weighted by Gasteiger charge is -2.14. The molecule has 0 radical (unpaired) electrons. The Morgan fingerprint density at radius 1 is 1.41 bits per heavy atom. The van der Waals surface area contributed by atoms with Gasteiger partial charge in [0.25, 0.3) is 0 Å². The van der Waals surface area contributed by atoms with E-state index in [0.717, 1.165) is 23.1 Å². The van der Waals surface area contributed by atoms with Crippen molar-refractivity contribution in [1.82, 2.24) is 5.32 Å². The quantitative estimate of drug-likeness (QED) is 0.823. The molecule has 0 saturated carbocycles. The molecule has 0 amide bonds. The van der Waals surface area contributed by atoms with Gasteiger partial charge in [0.2, 0.25) is 0 Å². The number of rotatable bonds is 4. The maximum Gasteiger partial charge on any atom is 0.170 e. The van der Waals surface area contributed by atoms with Crippen molar-refractivity contribution in [3.8, 4) is 0 Å². The molecule has 0 aliphatic heterocycles. The first-order chi connectivity index (χ1) is 8.02. The van der Waals surface area contributed by atoms with Gasteiger partial charge in [-0.3, -0.25) is 0 Å². The minimum atomic E-state index is 0.588. The lowest BCUT2D eigenvalue weighted by molar-refractivity contribution is 0.627. The van der Waals surface area contributed by atoms with Gasteiger partial charge >= 0.3 is 0 Å². The summed E-state index contributed by atoms with van der Waals surface area (Å²) < 4.78 is 1.10. The number of aryl methyl sites for hydroxylation is 1. The van der Waals surface area contributed by atoms with Crippen LogP contribution in [0.4, 0.5) is 5.69 Å². The standard InChI is InChI=1S/C13H19BrN2S/c1-4-10-7-11(14)5-6-12(10)16-13(17)15-8-9(2)3/h5-7,9H,4,8H2,1-3H3,(H2,15,16,17). The fourth-order valence-corrected chi connectivity index (χ4v) is 2.04. The number of anilines is 1. The molecule has 0 spiro atoms. The average molecular weight is 315 g/mol. The lowest BCUT2D eigenvalue weighted by atomic mass is 10.1. The summed E-state index contributed by atoms with van der Waals surface area (Å²) in [5.74, 6) is 0.588. The first-order valence-corrected chi connectivity index (χ1v) is 7.06. The molecule has 0 aromatic heterocycles. The summed E-state index contributed by atoms with van der Waals surface area (Å²) in [5, 5.41) is 7.14. The highest BCUT2D eigenvalue weighted by molar-refractivity contribution is 9.10. The lowest BCUT2D eigenvalue weighted by Crippen LogP contribution is -2.31. The number of thiocarbonyl (C=S) groups is 1. The summed E-state index contributed by atoms with van der Waals surface area (Å²) >= 11 is 8.74. The Morgan fingerprint density at radius 3 is 2.71 bits per heavy atom. The molecular formula is C13H19BrN2S. The van der Waals surface area contributed by atoms with E-state index in [2.05, 4.69) is 53.4 Å². The number of hydrogen-bond donors (Lipinski definition) is 2. The summed E-state index contributed by atoms with van der Waals surface area (Å²) in [5.41, 5.74) is 2.34. The third-order valence-electron chi connectivity index (χ3n) is 2.37. The number of halogens is 1. The van der Waals surface area contributed by atoms with Crippen LogP contribution in [0.3, 0.4) is 0 Å². The Bertz CT molecular complexity index is 391. The zero-order chi connectivity index (χ0) is 12.8. The van der Waals surface area contributed by atoms with Crippen LogP contribution in [0.25, 0.3) is 0 Å². The largest absolute Gasteiger partial charge is 0.362 e. The third kappa shape index (κ3) is 5.04.